The van der Waals surface area contributed by atoms with Gasteiger partial charge >= 0.3 is 0 Å². The van der Waals surface area contributed by atoms with Gasteiger partial charge in [0.15, 0.2) is 0 Å². The van der Waals surface area contributed by atoms with E-state index < -0.39 is 0 Å². The van der Waals surface area contributed by atoms with Crippen LogP contribution in [0.1, 0.15) is 11.1 Å². The summed E-state index contributed by atoms with van der Waals surface area (Å²) in [6, 6.07) is 8.04. The fraction of sp³-hybridized carbons (Fsp3) is 0.100. The van der Waals surface area contributed by atoms with Crippen LogP contribution in [-0.4, -0.2) is 5.90 Å². The van der Waals surface area contributed by atoms with Crippen molar-refractivity contribution >= 4 is 17.8 Å². The van der Waals surface area contributed by atoms with Gasteiger partial charge in [-0.05, 0) is 18.6 Å². The fourth-order valence-corrected chi connectivity index (χ4v) is 1.55. The molecule has 0 N–H and O–H groups in total. The quantitative estimate of drug-likeness (QED) is 0.636. The van der Waals surface area contributed by atoms with Crippen molar-refractivity contribution in [2.24, 2.45) is 4.40 Å². The van der Waals surface area contributed by atoms with Crippen LogP contribution in [-0.2, 0) is 4.74 Å². The van der Waals surface area contributed by atoms with Gasteiger partial charge in [-0.25, -0.2) is 0 Å². The molecular weight excluding hydrogens is 182 g/mol. The monoisotopic (exact) mass is 191 g/mol. The molecule has 1 aromatic rings. The van der Waals surface area contributed by atoms with Crippen LogP contribution < -0.4 is 0 Å². The highest BCUT2D eigenvalue weighted by Crippen LogP contribution is 2.17. The number of nitrogens with zero attached hydrogens (tertiary/aromatic N) is 1. The number of ether oxygens (including phenoxy) is 1. The number of aryl methyl sites for hydroxylation is 1. The molecule has 0 amide bonds. The summed E-state index contributed by atoms with van der Waals surface area (Å²) in [4.78, 5) is 0. The second-order valence-corrected chi connectivity index (χ2v) is 3.37. The Bertz CT molecular complexity index is 371. The first kappa shape index (κ1) is 8.38. The van der Waals surface area contributed by atoms with Crippen LogP contribution >= 0.6 is 11.9 Å². The first-order valence-corrected chi connectivity index (χ1v) is 4.83. The number of benzene rings is 1. The van der Waals surface area contributed by atoms with Gasteiger partial charge < -0.3 is 4.74 Å². The Labute approximate surface area is 81.5 Å². The van der Waals surface area contributed by atoms with E-state index in [-0.39, 0.29) is 0 Å². The zero-order valence-corrected chi connectivity index (χ0v) is 8.04. The molecule has 0 saturated heterocycles. The van der Waals surface area contributed by atoms with E-state index in [9.17, 15) is 0 Å². The number of rotatable bonds is 1. The Kier molecular flexibility index (Phi) is 2.36. The van der Waals surface area contributed by atoms with E-state index in [4.69, 9.17) is 4.74 Å². The Morgan fingerprint density at radius 3 is 2.85 bits per heavy atom. The maximum atomic E-state index is 5.29. The lowest BCUT2D eigenvalue weighted by Crippen LogP contribution is -2.05. The minimum atomic E-state index is 0.686. The van der Waals surface area contributed by atoms with Crippen LogP contribution in [0.25, 0.3) is 0 Å². The third-order valence-corrected chi connectivity index (χ3v) is 2.31. The summed E-state index contributed by atoms with van der Waals surface area (Å²) < 4.78 is 9.48. The van der Waals surface area contributed by atoms with E-state index in [0.29, 0.717) is 5.90 Å². The van der Waals surface area contributed by atoms with E-state index >= 15 is 0 Å². The molecule has 66 valence electrons. The maximum Gasteiger partial charge on any atom is 0.233 e. The molecule has 0 aliphatic carbocycles. The molecule has 0 aromatic heterocycles. The highest BCUT2D eigenvalue weighted by atomic mass is 32.2. The Morgan fingerprint density at radius 2 is 2.15 bits per heavy atom. The predicted octanol–water partition coefficient (Wildman–Crippen LogP) is 2.89. The average Bonchev–Trinajstić information content (AvgIpc) is 2.20. The van der Waals surface area contributed by atoms with Crippen LogP contribution in [0.4, 0.5) is 0 Å². The third-order valence-electron chi connectivity index (χ3n) is 1.81. The lowest BCUT2D eigenvalue weighted by atomic mass is 10.1. The number of hydrogen-bond donors (Lipinski definition) is 0. The van der Waals surface area contributed by atoms with E-state index in [2.05, 4.69) is 4.40 Å². The van der Waals surface area contributed by atoms with Gasteiger partial charge in [0, 0.05) is 22.9 Å². The van der Waals surface area contributed by atoms with Crippen molar-refractivity contribution < 1.29 is 4.74 Å². The molecule has 2 rings (SSSR count). The molecule has 0 atom stereocenters. The van der Waals surface area contributed by atoms with Crippen LogP contribution in [0, 0.1) is 6.92 Å². The minimum Gasteiger partial charge on any atom is -0.445 e. The van der Waals surface area contributed by atoms with Gasteiger partial charge in [0.1, 0.15) is 6.26 Å². The highest BCUT2D eigenvalue weighted by Gasteiger charge is 2.08. The second-order valence-electron chi connectivity index (χ2n) is 2.71. The van der Waals surface area contributed by atoms with Crippen molar-refractivity contribution in [3.8, 4) is 0 Å². The topological polar surface area (TPSA) is 21.6 Å². The van der Waals surface area contributed by atoms with Gasteiger partial charge in [0.2, 0.25) is 5.90 Å². The van der Waals surface area contributed by atoms with E-state index in [1.165, 1.54) is 17.5 Å². The lowest BCUT2D eigenvalue weighted by Gasteiger charge is -2.09. The summed E-state index contributed by atoms with van der Waals surface area (Å²) in [6.45, 7) is 2.05. The summed E-state index contributed by atoms with van der Waals surface area (Å²) in [7, 11) is 0. The van der Waals surface area contributed by atoms with E-state index in [0.717, 1.165) is 5.56 Å². The van der Waals surface area contributed by atoms with Gasteiger partial charge in [0.25, 0.3) is 0 Å². The largest absolute Gasteiger partial charge is 0.445 e. The molecule has 13 heavy (non-hydrogen) atoms. The molecule has 0 spiro atoms. The lowest BCUT2D eigenvalue weighted by molar-refractivity contribution is 0.475. The summed E-state index contributed by atoms with van der Waals surface area (Å²) in [5, 5.41) is 1.81. The zero-order valence-electron chi connectivity index (χ0n) is 7.23. The molecule has 3 heteroatoms. The van der Waals surface area contributed by atoms with E-state index in [1.54, 1.807) is 6.26 Å². The van der Waals surface area contributed by atoms with Crippen molar-refractivity contribution in [1.29, 1.82) is 0 Å². The van der Waals surface area contributed by atoms with Crippen LogP contribution in [0.15, 0.2) is 40.3 Å². The molecule has 0 saturated carbocycles. The summed E-state index contributed by atoms with van der Waals surface area (Å²) in [5.74, 6) is 0.686. The SMILES string of the molecule is Cc1ccccc1C1=NSC=CO1. The molecular formula is C10H9NOS. The zero-order chi connectivity index (χ0) is 9.10. The van der Waals surface area contributed by atoms with Crippen molar-refractivity contribution in [2.45, 2.75) is 6.92 Å². The molecule has 1 aliphatic rings. The number of hydrogen-bond acceptors (Lipinski definition) is 3. The third kappa shape index (κ3) is 1.75. The van der Waals surface area contributed by atoms with Gasteiger partial charge in [-0.1, -0.05) is 18.2 Å². The molecule has 0 bridgehead atoms. The summed E-state index contributed by atoms with van der Waals surface area (Å²) in [5.41, 5.74) is 2.23. The Morgan fingerprint density at radius 1 is 1.31 bits per heavy atom. The van der Waals surface area contributed by atoms with Crippen LogP contribution in [0.3, 0.4) is 0 Å². The van der Waals surface area contributed by atoms with Gasteiger partial charge in [0.05, 0.1) is 0 Å². The molecule has 1 heterocycles. The predicted molar refractivity (Wildman–Crippen MR) is 55.5 cm³/mol. The average molecular weight is 191 g/mol. The standard InChI is InChI=1S/C10H9NOS/c1-8-4-2-3-5-9(8)10-11-13-7-6-12-10/h2-7H,1H3. The molecule has 0 radical (unpaired) electrons. The van der Waals surface area contributed by atoms with Crippen molar-refractivity contribution in [3.63, 3.8) is 0 Å². The van der Waals surface area contributed by atoms with Crippen molar-refractivity contribution in [3.05, 3.63) is 47.1 Å². The normalized spacial score (nSPS) is 15.0. The fourth-order valence-electron chi connectivity index (χ4n) is 1.14. The molecule has 2 nitrogen and oxygen atoms in total. The van der Waals surface area contributed by atoms with Gasteiger partial charge in [-0.3, -0.25) is 0 Å². The molecule has 0 fully saturated rings. The smallest absolute Gasteiger partial charge is 0.233 e. The van der Waals surface area contributed by atoms with Crippen LogP contribution in [0.2, 0.25) is 0 Å². The molecule has 1 aromatic carbocycles. The van der Waals surface area contributed by atoms with Crippen LogP contribution in [0.5, 0.6) is 0 Å². The minimum absolute atomic E-state index is 0.686. The summed E-state index contributed by atoms with van der Waals surface area (Å²) in [6.07, 6.45) is 1.65. The second kappa shape index (κ2) is 3.66. The highest BCUT2D eigenvalue weighted by molar-refractivity contribution is 8.01. The van der Waals surface area contributed by atoms with Gasteiger partial charge in [-0.2, -0.15) is 4.40 Å². The maximum absolute atomic E-state index is 5.29. The Hall–Kier alpha value is -1.22. The first-order chi connectivity index (χ1) is 6.38. The summed E-state index contributed by atoms with van der Waals surface area (Å²) >= 11 is 1.39. The van der Waals surface area contributed by atoms with Crippen molar-refractivity contribution in [1.82, 2.24) is 0 Å². The Balaban J connectivity index is 2.35. The first-order valence-electron chi connectivity index (χ1n) is 3.99. The molecule has 1 aliphatic heterocycles. The molecule has 0 unspecified atom stereocenters. The van der Waals surface area contributed by atoms with Crippen molar-refractivity contribution in [2.75, 3.05) is 0 Å². The van der Waals surface area contributed by atoms with E-state index in [1.807, 2.05) is 36.6 Å². The van der Waals surface area contributed by atoms with Gasteiger partial charge in [-0.15, -0.1) is 0 Å².